The predicted octanol–water partition coefficient (Wildman–Crippen LogP) is 2.03. The zero-order valence-electron chi connectivity index (χ0n) is 11.1. The van der Waals surface area contributed by atoms with Crippen molar-refractivity contribution in [2.24, 2.45) is 0 Å². The number of halogens is 1. The Morgan fingerprint density at radius 2 is 2.37 bits per heavy atom. The first-order valence-electron chi connectivity index (χ1n) is 6.32. The molecule has 1 aromatic heterocycles. The van der Waals surface area contributed by atoms with Gasteiger partial charge >= 0.3 is 0 Å². The lowest BCUT2D eigenvalue weighted by molar-refractivity contribution is 0.0266. The van der Waals surface area contributed by atoms with Gasteiger partial charge in [0.25, 0.3) is 5.91 Å². The highest BCUT2D eigenvalue weighted by atomic mass is 35.5. The first-order valence-corrected chi connectivity index (χ1v) is 6.70. The van der Waals surface area contributed by atoms with E-state index in [1.165, 1.54) is 0 Å². The van der Waals surface area contributed by atoms with Gasteiger partial charge < -0.3 is 15.0 Å². The van der Waals surface area contributed by atoms with Gasteiger partial charge in [-0.2, -0.15) is 0 Å². The summed E-state index contributed by atoms with van der Waals surface area (Å²) in [6, 6.07) is 3.43. The number of methoxy groups -OCH3 is 1. The molecule has 1 saturated heterocycles. The molecule has 1 N–H and O–H groups in total. The van der Waals surface area contributed by atoms with Gasteiger partial charge in [-0.25, -0.2) is 4.98 Å². The maximum absolute atomic E-state index is 12.4. The predicted molar refractivity (Wildman–Crippen MR) is 74.7 cm³/mol. The highest BCUT2D eigenvalue weighted by Gasteiger charge is 2.26. The fourth-order valence-corrected chi connectivity index (χ4v) is 2.38. The molecule has 1 atom stereocenters. The molecular formula is C13H18ClN3O2. The SMILES string of the molecule is CNc1ccc(Cl)c(C(=O)N2CCCC(OC)C2)n1. The molecule has 0 saturated carbocycles. The van der Waals surface area contributed by atoms with E-state index in [1.54, 1.807) is 31.2 Å². The van der Waals surface area contributed by atoms with Gasteiger partial charge in [0.1, 0.15) is 11.5 Å². The van der Waals surface area contributed by atoms with Crippen LogP contribution < -0.4 is 5.32 Å². The monoisotopic (exact) mass is 283 g/mol. The number of rotatable bonds is 3. The second-order valence-electron chi connectivity index (χ2n) is 4.53. The molecule has 1 amide bonds. The molecule has 0 aliphatic carbocycles. The molecule has 19 heavy (non-hydrogen) atoms. The minimum Gasteiger partial charge on any atom is -0.380 e. The van der Waals surface area contributed by atoms with E-state index in [2.05, 4.69) is 10.3 Å². The molecule has 0 spiro atoms. The highest BCUT2D eigenvalue weighted by molar-refractivity contribution is 6.33. The van der Waals surface area contributed by atoms with Crippen molar-refractivity contribution < 1.29 is 9.53 Å². The maximum atomic E-state index is 12.4. The summed E-state index contributed by atoms with van der Waals surface area (Å²) in [4.78, 5) is 18.4. The van der Waals surface area contributed by atoms with Crippen molar-refractivity contribution in [2.75, 3.05) is 32.6 Å². The topological polar surface area (TPSA) is 54.5 Å². The van der Waals surface area contributed by atoms with E-state index in [0.717, 1.165) is 19.4 Å². The number of anilines is 1. The number of hydrogen-bond acceptors (Lipinski definition) is 4. The maximum Gasteiger partial charge on any atom is 0.274 e. The van der Waals surface area contributed by atoms with E-state index in [0.29, 0.717) is 23.1 Å². The Kier molecular flexibility index (Phi) is 4.61. The van der Waals surface area contributed by atoms with E-state index < -0.39 is 0 Å². The van der Waals surface area contributed by atoms with Crippen molar-refractivity contribution in [3.63, 3.8) is 0 Å². The van der Waals surface area contributed by atoms with E-state index >= 15 is 0 Å². The van der Waals surface area contributed by atoms with Gasteiger partial charge in [-0.3, -0.25) is 4.79 Å². The molecule has 1 fully saturated rings. The zero-order valence-corrected chi connectivity index (χ0v) is 11.9. The number of amides is 1. The molecule has 2 rings (SSSR count). The molecule has 2 heterocycles. The van der Waals surface area contributed by atoms with Crippen LogP contribution in [0.5, 0.6) is 0 Å². The third kappa shape index (κ3) is 3.16. The fraction of sp³-hybridized carbons (Fsp3) is 0.538. The Bertz CT molecular complexity index is 467. The first-order chi connectivity index (χ1) is 9.15. The lowest BCUT2D eigenvalue weighted by Crippen LogP contribution is -2.43. The molecular weight excluding hydrogens is 266 g/mol. The van der Waals surface area contributed by atoms with Crippen LogP contribution in [0.1, 0.15) is 23.3 Å². The Labute approximate surface area is 117 Å². The smallest absolute Gasteiger partial charge is 0.274 e. The van der Waals surface area contributed by atoms with Crippen molar-refractivity contribution in [1.29, 1.82) is 0 Å². The standard InChI is InChI=1S/C13H18ClN3O2/c1-15-11-6-5-10(14)12(16-11)13(18)17-7-3-4-9(8-17)19-2/h5-6,9H,3-4,7-8H2,1-2H3,(H,15,16). The number of aromatic nitrogens is 1. The summed E-state index contributed by atoms with van der Waals surface area (Å²) < 4.78 is 5.32. The van der Waals surface area contributed by atoms with Gasteiger partial charge in [-0.15, -0.1) is 0 Å². The molecule has 0 bridgehead atoms. The van der Waals surface area contributed by atoms with Crippen LogP contribution >= 0.6 is 11.6 Å². The number of carbonyl (C=O) groups is 1. The van der Waals surface area contributed by atoms with Gasteiger partial charge in [-0.05, 0) is 25.0 Å². The van der Waals surface area contributed by atoms with Crippen molar-refractivity contribution in [3.8, 4) is 0 Å². The summed E-state index contributed by atoms with van der Waals surface area (Å²) in [5, 5.41) is 3.29. The summed E-state index contributed by atoms with van der Waals surface area (Å²) >= 11 is 6.07. The van der Waals surface area contributed by atoms with Crippen molar-refractivity contribution in [2.45, 2.75) is 18.9 Å². The fourth-order valence-electron chi connectivity index (χ4n) is 2.20. The Morgan fingerprint density at radius 3 is 3.05 bits per heavy atom. The molecule has 0 radical (unpaired) electrons. The van der Waals surface area contributed by atoms with Crippen LogP contribution in [0.3, 0.4) is 0 Å². The second-order valence-corrected chi connectivity index (χ2v) is 4.94. The number of carbonyl (C=O) groups excluding carboxylic acids is 1. The molecule has 1 aromatic rings. The number of piperidine rings is 1. The average molecular weight is 284 g/mol. The number of ether oxygens (including phenoxy) is 1. The second kappa shape index (κ2) is 6.21. The summed E-state index contributed by atoms with van der Waals surface area (Å²) in [7, 11) is 3.43. The van der Waals surface area contributed by atoms with Gasteiger partial charge in [0.2, 0.25) is 0 Å². The van der Waals surface area contributed by atoms with Crippen molar-refractivity contribution >= 4 is 23.3 Å². The van der Waals surface area contributed by atoms with Crippen molar-refractivity contribution in [3.05, 3.63) is 22.8 Å². The van der Waals surface area contributed by atoms with Gasteiger partial charge in [0, 0.05) is 27.2 Å². The summed E-state index contributed by atoms with van der Waals surface area (Å²) in [6.07, 6.45) is 2.02. The minimum atomic E-state index is -0.135. The lowest BCUT2D eigenvalue weighted by atomic mass is 10.1. The number of hydrogen-bond donors (Lipinski definition) is 1. The van der Waals surface area contributed by atoms with Crippen LogP contribution in [-0.4, -0.2) is 49.1 Å². The third-order valence-corrected chi connectivity index (χ3v) is 3.61. The molecule has 0 aromatic carbocycles. The largest absolute Gasteiger partial charge is 0.380 e. The van der Waals surface area contributed by atoms with Crippen LogP contribution in [0.4, 0.5) is 5.82 Å². The quantitative estimate of drug-likeness (QED) is 0.922. The lowest BCUT2D eigenvalue weighted by Gasteiger charge is -2.31. The minimum absolute atomic E-state index is 0.101. The van der Waals surface area contributed by atoms with E-state index in [-0.39, 0.29) is 12.0 Å². The Hall–Kier alpha value is -1.33. The molecule has 104 valence electrons. The number of likely N-dealkylation sites (tertiary alicyclic amines) is 1. The Morgan fingerprint density at radius 1 is 1.58 bits per heavy atom. The van der Waals surface area contributed by atoms with Gasteiger partial charge in [-0.1, -0.05) is 11.6 Å². The number of nitrogens with one attached hydrogen (secondary N) is 1. The average Bonchev–Trinajstić information content (AvgIpc) is 2.47. The molecule has 1 unspecified atom stereocenters. The molecule has 1 aliphatic rings. The van der Waals surface area contributed by atoms with Gasteiger partial charge in [0.15, 0.2) is 0 Å². The third-order valence-electron chi connectivity index (χ3n) is 3.30. The van der Waals surface area contributed by atoms with Crippen molar-refractivity contribution in [1.82, 2.24) is 9.88 Å². The van der Waals surface area contributed by atoms with E-state index in [4.69, 9.17) is 16.3 Å². The Balaban J connectivity index is 2.18. The van der Waals surface area contributed by atoms with Crippen LogP contribution in [0, 0.1) is 0 Å². The molecule has 6 heteroatoms. The molecule has 1 aliphatic heterocycles. The zero-order chi connectivity index (χ0) is 13.8. The molecule has 5 nitrogen and oxygen atoms in total. The summed E-state index contributed by atoms with van der Waals surface area (Å²) in [5.74, 6) is 0.497. The van der Waals surface area contributed by atoms with Crippen LogP contribution in [-0.2, 0) is 4.74 Å². The van der Waals surface area contributed by atoms with Crippen LogP contribution in [0.2, 0.25) is 5.02 Å². The first kappa shape index (κ1) is 14.1. The van der Waals surface area contributed by atoms with Crippen LogP contribution in [0.15, 0.2) is 12.1 Å². The summed E-state index contributed by atoms with van der Waals surface area (Å²) in [6.45, 7) is 1.32. The number of pyridine rings is 1. The van der Waals surface area contributed by atoms with E-state index in [9.17, 15) is 4.79 Å². The number of nitrogens with zero attached hydrogens (tertiary/aromatic N) is 2. The normalized spacial score (nSPS) is 19.3. The van der Waals surface area contributed by atoms with Gasteiger partial charge in [0.05, 0.1) is 11.1 Å². The highest BCUT2D eigenvalue weighted by Crippen LogP contribution is 2.21. The summed E-state index contributed by atoms with van der Waals surface area (Å²) in [5.41, 5.74) is 0.297. The van der Waals surface area contributed by atoms with Crippen LogP contribution in [0.25, 0.3) is 0 Å². The van der Waals surface area contributed by atoms with E-state index in [1.807, 2.05) is 0 Å².